The molecule has 1 N–H and O–H groups in total. The predicted molar refractivity (Wildman–Crippen MR) is 93.0 cm³/mol. The molecule has 1 heterocycles. The van der Waals surface area contributed by atoms with Crippen LogP contribution in [-0.4, -0.2) is 40.9 Å². The van der Waals surface area contributed by atoms with Gasteiger partial charge in [0, 0.05) is 31.0 Å². The van der Waals surface area contributed by atoms with Crippen molar-refractivity contribution in [3.05, 3.63) is 34.9 Å². The molecule has 0 bridgehead atoms. The normalized spacial score (nSPS) is 16.8. The van der Waals surface area contributed by atoms with Gasteiger partial charge in [-0.15, -0.1) is 0 Å². The van der Waals surface area contributed by atoms with E-state index in [2.05, 4.69) is 5.32 Å². The number of likely N-dealkylation sites (tertiary alicyclic amines) is 1. The number of Topliss-reactive ketones (excluding diaryl/α,β-unsaturated/α-hetero) is 2. The van der Waals surface area contributed by atoms with Crippen LogP contribution in [0, 0.1) is 0 Å². The molecule has 134 valence electrons. The lowest BCUT2D eigenvalue weighted by molar-refractivity contribution is -0.143. The van der Waals surface area contributed by atoms with Crippen molar-refractivity contribution in [2.24, 2.45) is 0 Å². The quantitative estimate of drug-likeness (QED) is 0.564. The highest BCUT2D eigenvalue weighted by molar-refractivity contribution is 6.38. The molecule has 0 saturated carbocycles. The van der Waals surface area contributed by atoms with Gasteiger partial charge in [0.1, 0.15) is 11.8 Å². The molecule has 25 heavy (non-hydrogen) atoms. The van der Waals surface area contributed by atoms with Gasteiger partial charge in [0.15, 0.2) is 0 Å². The van der Waals surface area contributed by atoms with Crippen molar-refractivity contribution in [1.82, 2.24) is 10.2 Å². The van der Waals surface area contributed by atoms with Gasteiger partial charge in [-0.25, -0.2) is 0 Å². The zero-order valence-corrected chi connectivity index (χ0v) is 14.8. The van der Waals surface area contributed by atoms with E-state index in [1.165, 1.54) is 11.8 Å². The Morgan fingerprint density at radius 3 is 2.56 bits per heavy atom. The third kappa shape index (κ3) is 5.39. The van der Waals surface area contributed by atoms with Gasteiger partial charge in [-0.05, 0) is 37.5 Å². The first-order valence-electron chi connectivity index (χ1n) is 8.24. The van der Waals surface area contributed by atoms with Crippen LogP contribution in [0.15, 0.2) is 24.3 Å². The summed E-state index contributed by atoms with van der Waals surface area (Å²) in [5.74, 6) is -1.42. The van der Waals surface area contributed by atoms with E-state index in [1.807, 2.05) is 0 Å². The van der Waals surface area contributed by atoms with Crippen LogP contribution in [0.2, 0.25) is 5.02 Å². The zero-order valence-electron chi connectivity index (χ0n) is 14.1. The van der Waals surface area contributed by atoms with Crippen molar-refractivity contribution in [1.29, 1.82) is 0 Å². The summed E-state index contributed by atoms with van der Waals surface area (Å²) in [5, 5.41) is 3.12. The zero-order chi connectivity index (χ0) is 18.4. The molecule has 1 aromatic rings. The van der Waals surface area contributed by atoms with Gasteiger partial charge in [0.2, 0.25) is 11.7 Å². The molecule has 1 aromatic carbocycles. The number of nitrogens with zero attached hydrogens (tertiary/aromatic N) is 1. The van der Waals surface area contributed by atoms with E-state index in [0.717, 1.165) is 5.56 Å². The number of rotatable bonds is 8. The van der Waals surface area contributed by atoms with Crippen LogP contribution in [0.3, 0.4) is 0 Å². The molecule has 2 amide bonds. The van der Waals surface area contributed by atoms with E-state index >= 15 is 0 Å². The third-order valence-corrected chi connectivity index (χ3v) is 4.36. The second-order valence-corrected chi connectivity index (χ2v) is 6.56. The molecule has 0 aliphatic carbocycles. The minimum Gasteiger partial charge on any atom is -0.349 e. The van der Waals surface area contributed by atoms with Gasteiger partial charge in [0.05, 0.1) is 0 Å². The lowest BCUT2D eigenvalue weighted by Crippen LogP contribution is -2.45. The molecule has 1 aliphatic heterocycles. The number of hydrogen-bond acceptors (Lipinski definition) is 4. The van der Waals surface area contributed by atoms with E-state index < -0.39 is 17.7 Å². The Morgan fingerprint density at radius 2 is 1.92 bits per heavy atom. The van der Waals surface area contributed by atoms with E-state index in [4.69, 9.17) is 11.6 Å². The standard InChI is InChI=1S/C18H21ClN2O4/c1-12(22)3-2-10-20-18(25)17(24)15-8-9-16(23)21(15)11-13-4-6-14(19)7-5-13/h4-7,15H,2-3,8-11H2,1H3,(H,20,25). The summed E-state index contributed by atoms with van der Waals surface area (Å²) in [6, 6.07) is 6.27. The first kappa shape index (κ1) is 19.1. The Hall–Kier alpha value is -2.21. The number of ketones is 2. The van der Waals surface area contributed by atoms with Gasteiger partial charge in [-0.3, -0.25) is 14.4 Å². The van der Waals surface area contributed by atoms with Crippen LogP contribution < -0.4 is 5.32 Å². The van der Waals surface area contributed by atoms with Gasteiger partial charge < -0.3 is 15.0 Å². The SMILES string of the molecule is CC(=O)CCCNC(=O)C(=O)C1CCC(=O)N1Cc1ccc(Cl)cc1. The Morgan fingerprint density at radius 1 is 1.24 bits per heavy atom. The third-order valence-electron chi connectivity index (χ3n) is 4.11. The van der Waals surface area contributed by atoms with Gasteiger partial charge >= 0.3 is 0 Å². The Balaban J connectivity index is 1.94. The molecule has 0 radical (unpaired) electrons. The van der Waals surface area contributed by atoms with Crippen LogP contribution in [-0.2, 0) is 25.7 Å². The fourth-order valence-corrected chi connectivity index (χ4v) is 2.89. The highest BCUT2D eigenvalue weighted by Gasteiger charge is 2.38. The summed E-state index contributed by atoms with van der Waals surface area (Å²) in [6.45, 7) is 2.01. The van der Waals surface area contributed by atoms with Crippen LogP contribution >= 0.6 is 11.6 Å². The van der Waals surface area contributed by atoms with Crippen molar-refractivity contribution in [3.8, 4) is 0 Å². The molecule has 0 spiro atoms. The van der Waals surface area contributed by atoms with Crippen molar-refractivity contribution in [3.63, 3.8) is 0 Å². The topological polar surface area (TPSA) is 83.5 Å². The maximum atomic E-state index is 12.4. The summed E-state index contributed by atoms with van der Waals surface area (Å²) in [5.41, 5.74) is 0.847. The number of amides is 2. The van der Waals surface area contributed by atoms with E-state index in [-0.39, 0.29) is 31.2 Å². The molecule has 1 unspecified atom stereocenters. The van der Waals surface area contributed by atoms with Crippen molar-refractivity contribution in [2.75, 3.05) is 6.54 Å². The molecule has 2 rings (SSSR count). The maximum absolute atomic E-state index is 12.4. The second kappa shape index (κ2) is 8.76. The van der Waals surface area contributed by atoms with Crippen LogP contribution in [0.5, 0.6) is 0 Å². The summed E-state index contributed by atoms with van der Waals surface area (Å²) in [7, 11) is 0. The molecule has 0 aromatic heterocycles. The average Bonchev–Trinajstić information content (AvgIpc) is 2.93. The molecule has 6 nitrogen and oxygen atoms in total. The van der Waals surface area contributed by atoms with Crippen LogP contribution in [0.25, 0.3) is 0 Å². The second-order valence-electron chi connectivity index (χ2n) is 6.13. The molecule has 1 aliphatic rings. The summed E-state index contributed by atoms with van der Waals surface area (Å²) in [4.78, 5) is 48.8. The van der Waals surface area contributed by atoms with Crippen LogP contribution in [0.1, 0.15) is 38.2 Å². The van der Waals surface area contributed by atoms with Crippen molar-refractivity contribution >= 4 is 35.0 Å². The van der Waals surface area contributed by atoms with Gasteiger partial charge in [0.25, 0.3) is 5.91 Å². The highest BCUT2D eigenvalue weighted by Crippen LogP contribution is 2.23. The highest BCUT2D eigenvalue weighted by atomic mass is 35.5. The molecular formula is C18H21ClN2O4. The summed E-state index contributed by atoms with van der Waals surface area (Å²) in [6.07, 6.45) is 1.44. The van der Waals surface area contributed by atoms with Crippen molar-refractivity contribution < 1.29 is 19.2 Å². The predicted octanol–water partition coefficient (Wildman–Crippen LogP) is 1.89. The summed E-state index contributed by atoms with van der Waals surface area (Å²) < 4.78 is 0. The number of carbonyl (C=O) groups excluding carboxylic acids is 4. The number of benzene rings is 1. The minimum absolute atomic E-state index is 0.0381. The smallest absolute Gasteiger partial charge is 0.289 e. The first-order valence-corrected chi connectivity index (χ1v) is 8.61. The van der Waals surface area contributed by atoms with E-state index in [0.29, 0.717) is 24.3 Å². The molecule has 7 heteroatoms. The number of halogens is 1. The lowest BCUT2D eigenvalue weighted by Gasteiger charge is -2.23. The van der Waals surface area contributed by atoms with Gasteiger partial charge in [-0.2, -0.15) is 0 Å². The molecule has 1 atom stereocenters. The largest absolute Gasteiger partial charge is 0.349 e. The molecule has 1 fully saturated rings. The van der Waals surface area contributed by atoms with E-state index in [1.54, 1.807) is 24.3 Å². The van der Waals surface area contributed by atoms with Crippen molar-refractivity contribution in [2.45, 2.75) is 45.2 Å². The number of nitrogens with one attached hydrogen (secondary N) is 1. The average molecular weight is 365 g/mol. The Labute approximate surface area is 151 Å². The first-order chi connectivity index (χ1) is 11.9. The Bertz CT molecular complexity index is 672. The minimum atomic E-state index is -0.740. The van der Waals surface area contributed by atoms with Crippen LogP contribution in [0.4, 0.5) is 0 Å². The number of hydrogen-bond donors (Lipinski definition) is 1. The number of carbonyl (C=O) groups is 4. The maximum Gasteiger partial charge on any atom is 0.289 e. The fourth-order valence-electron chi connectivity index (χ4n) is 2.77. The summed E-state index contributed by atoms with van der Waals surface area (Å²) >= 11 is 5.85. The van der Waals surface area contributed by atoms with Gasteiger partial charge in [-0.1, -0.05) is 23.7 Å². The monoisotopic (exact) mass is 364 g/mol. The lowest BCUT2D eigenvalue weighted by atomic mass is 10.1. The fraction of sp³-hybridized carbons (Fsp3) is 0.444. The molecular weight excluding hydrogens is 344 g/mol. The van der Waals surface area contributed by atoms with E-state index in [9.17, 15) is 19.2 Å². The Kier molecular flexibility index (Phi) is 6.70. The molecule has 1 saturated heterocycles.